The van der Waals surface area contributed by atoms with Crippen LogP contribution in [-0.2, 0) is 5.54 Å². The van der Waals surface area contributed by atoms with Crippen LogP contribution in [0.1, 0.15) is 45.1 Å². The van der Waals surface area contributed by atoms with Gasteiger partial charge < -0.3 is 4.90 Å². The molecule has 0 amide bonds. The van der Waals surface area contributed by atoms with Gasteiger partial charge in [0.05, 0.1) is 6.07 Å². The molecule has 1 N–H and O–H groups in total. The molecule has 1 fully saturated rings. The van der Waals surface area contributed by atoms with Gasteiger partial charge in [-0.3, -0.25) is 5.32 Å². The number of nitrogens with one attached hydrogen (secondary N) is 1. The van der Waals surface area contributed by atoms with E-state index in [-0.39, 0.29) is 0 Å². The third kappa shape index (κ3) is 4.06. The van der Waals surface area contributed by atoms with Gasteiger partial charge in [-0.2, -0.15) is 5.26 Å². The Morgan fingerprint density at radius 1 is 1.29 bits per heavy atom. The number of nitrogens with zero attached hydrogens (tertiary/aromatic N) is 2. The lowest BCUT2D eigenvalue weighted by Crippen LogP contribution is -2.44. The molecule has 114 valence electrons. The second-order valence-electron chi connectivity index (χ2n) is 5.92. The maximum Gasteiger partial charge on any atom is 0.133 e. The predicted molar refractivity (Wildman–Crippen MR) is 86.9 cm³/mol. The first kappa shape index (κ1) is 16.0. The van der Waals surface area contributed by atoms with E-state index in [9.17, 15) is 5.26 Å². The highest BCUT2D eigenvalue weighted by atomic mass is 15.2. The van der Waals surface area contributed by atoms with Crippen LogP contribution < -0.4 is 5.32 Å². The summed E-state index contributed by atoms with van der Waals surface area (Å²) in [5.41, 5.74) is 0.535. The summed E-state index contributed by atoms with van der Waals surface area (Å²) in [6, 6.07) is 13.5. The van der Waals surface area contributed by atoms with Gasteiger partial charge in [0, 0.05) is 12.6 Å². The average Bonchev–Trinajstić information content (AvgIpc) is 3.37. The lowest BCUT2D eigenvalue weighted by atomic mass is 9.87. The Morgan fingerprint density at radius 2 is 2.00 bits per heavy atom. The highest BCUT2D eigenvalue weighted by Gasteiger charge is 2.34. The van der Waals surface area contributed by atoms with Gasteiger partial charge in [-0.15, -0.1) is 0 Å². The molecule has 1 atom stereocenters. The minimum Gasteiger partial charge on any atom is -0.301 e. The fraction of sp³-hybridized carbons (Fsp3) is 0.611. The quantitative estimate of drug-likeness (QED) is 0.757. The number of hydrogen-bond donors (Lipinski definition) is 1. The molecular weight excluding hydrogens is 258 g/mol. The Balaban J connectivity index is 2.12. The third-order valence-electron chi connectivity index (χ3n) is 4.38. The number of hydrogen-bond acceptors (Lipinski definition) is 3. The van der Waals surface area contributed by atoms with Crippen molar-refractivity contribution in [3.8, 4) is 6.07 Å². The van der Waals surface area contributed by atoms with Gasteiger partial charge >= 0.3 is 0 Å². The lowest BCUT2D eigenvalue weighted by Gasteiger charge is -2.31. The molecule has 0 spiro atoms. The van der Waals surface area contributed by atoms with Crippen molar-refractivity contribution in [1.29, 1.82) is 5.26 Å². The third-order valence-corrected chi connectivity index (χ3v) is 4.38. The molecule has 0 aliphatic heterocycles. The van der Waals surface area contributed by atoms with Crippen LogP contribution in [-0.4, -0.2) is 30.6 Å². The topological polar surface area (TPSA) is 39.1 Å². The number of nitriles is 1. The van der Waals surface area contributed by atoms with E-state index in [1.165, 1.54) is 12.8 Å². The van der Waals surface area contributed by atoms with Crippen LogP contribution >= 0.6 is 0 Å². The van der Waals surface area contributed by atoms with Gasteiger partial charge in [-0.25, -0.2) is 0 Å². The Labute approximate surface area is 129 Å². The highest BCUT2D eigenvalue weighted by molar-refractivity contribution is 5.31. The van der Waals surface area contributed by atoms with Gasteiger partial charge in [-0.1, -0.05) is 44.2 Å². The highest BCUT2D eigenvalue weighted by Crippen LogP contribution is 2.30. The van der Waals surface area contributed by atoms with Crippen LogP contribution in [0.4, 0.5) is 0 Å². The zero-order valence-electron chi connectivity index (χ0n) is 13.3. The Morgan fingerprint density at radius 3 is 2.52 bits per heavy atom. The molecule has 0 bridgehead atoms. The second-order valence-corrected chi connectivity index (χ2v) is 5.92. The van der Waals surface area contributed by atoms with E-state index in [1.54, 1.807) is 0 Å². The number of rotatable bonds is 9. The van der Waals surface area contributed by atoms with Crippen LogP contribution in [0.5, 0.6) is 0 Å². The van der Waals surface area contributed by atoms with Gasteiger partial charge in [-0.05, 0) is 44.3 Å². The van der Waals surface area contributed by atoms with E-state index in [4.69, 9.17) is 0 Å². The molecule has 21 heavy (non-hydrogen) atoms. The van der Waals surface area contributed by atoms with E-state index in [0.29, 0.717) is 0 Å². The zero-order chi connectivity index (χ0) is 15.1. The molecule has 1 aromatic rings. The van der Waals surface area contributed by atoms with E-state index in [1.807, 2.05) is 18.2 Å². The summed E-state index contributed by atoms with van der Waals surface area (Å²) in [6.07, 6.45) is 4.52. The Kier molecular flexibility index (Phi) is 5.78. The SMILES string of the molecule is CCCNC(C#N)(CCN(CC)C1CC1)c1ccccc1. The fourth-order valence-electron chi connectivity index (χ4n) is 2.91. The predicted octanol–water partition coefficient (Wildman–Crippen LogP) is 3.28. The minimum atomic E-state index is -0.556. The first-order chi connectivity index (χ1) is 10.3. The average molecular weight is 285 g/mol. The molecule has 0 radical (unpaired) electrons. The molecular formula is C18H27N3. The second kappa shape index (κ2) is 7.59. The van der Waals surface area contributed by atoms with Crippen molar-refractivity contribution >= 4 is 0 Å². The molecule has 3 heteroatoms. The maximum atomic E-state index is 9.87. The summed E-state index contributed by atoms with van der Waals surface area (Å²) in [5, 5.41) is 13.4. The van der Waals surface area contributed by atoms with Crippen molar-refractivity contribution in [3.63, 3.8) is 0 Å². The first-order valence-electron chi connectivity index (χ1n) is 8.21. The monoisotopic (exact) mass is 285 g/mol. The van der Waals surface area contributed by atoms with Crippen LogP contribution in [0.15, 0.2) is 30.3 Å². The van der Waals surface area contributed by atoms with E-state index in [2.05, 4.69) is 42.3 Å². The molecule has 0 saturated heterocycles. The van der Waals surface area contributed by atoms with Gasteiger partial charge in [0.15, 0.2) is 0 Å². The van der Waals surface area contributed by atoms with Crippen molar-refractivity contribution in [2.24, 2.45) is 0 Å². The van der Waals surface area contributed by atoms with E-state index in [0.717, 1.165) is 44.1 Å². The molecule has 0 aromatic heterocycles. The van der Waals surface area contributed by atoms with Crippen LogP contribution in [0.3, 0.4) is 0 Å². The molecule has 1 aliphatic rings. The smallest absolute Gasteiger partial charge is 0.133 e. The van der Waals surface area contributed by atoms with Gasteiger partial charge in [0.25, 0.3) is 0 Å². The molecule has 0 heterocycles. The van der Waals surface area contributed by atoms with Gasteiger partial charge in [0.2, 0.25) is 0 Å². The largest absolute Gasteiger partial charge is 0.301 e. The summed E-state index contributed by atoms with van der Waals surface area (Å²) in [7, 11) is 0. The van der Waals surface area contributed by atoms with E-state index < -0.39 is 5.54 Å². The lowest BCUT2D eigenvalue weighted by molar-refractivity contribution is 0.241. The first-order valence-corrected chi connectivity index (χ1v) is 8.21. The summed E-state index contributed by atoms with van der Waals surface area (Å²) < 4.78 is 0. The summed E-state index contributed by atoms with van der Waals surface area (Å²) >= 11 is 0. The zero-order valence-corrected chi connectivity index (χ0v) is 13.3. The van der Waals surface area contributed by atoms with Crippen LogP contribution in [0, 0.1) is 11.3 Å². The molecule has 1 aromatic carbocycles. The molecule has 1 unspecified atom stereocenters. The number of benzene rings is 1. The van der Waals surface area contributed by atoms with Crippen LogP contribution in [0.25, 0.3) is 0 Å². The normalized spacial score (nSPS) is 17.4. The van der Waals surface area contributed by atoms with Crippen molar-refractivity contribution in [1.82, 2.24) is 10.2 Å². The maximum absolute atomic E-state index is 9.87. The van der Waals surface area contributed by atoms with Gasteiger partial charge in [0.1, 0.15) is 5.54 Å². The fourth-order valence-corrected chi connectivity index (χ4v) is 2.91. The Hall–Kier alpha value is -1.37. The standard InChI is InChI=1S/C18H27N3/c1-3-13-20-18(15-19,16-8-6-5-7-9-16)12-14-21(4-2)17-10-11-17/h5-9,17,20H,3-4,10-14H2,1-2H3. The van der Waals surface area contributed by atoms with E-state index >= 15 is 0 Å². The van der Waals surface area contributed by atoms with Crippen molar-refractivity contribution < 1.29 is 0 Å². The molecule has 1 aliphatic carbocycles. The van der Waals surface area contributed by atoms with Crippen molar-refractivity contribution in [2.75, 3.05) is 19.6 Å². The summed E-state index contributed by atoms with van der Waals surface area (Å²) in [5.74, 6) is 0. The summed E-state index contributed by atoms with van der Waals surface area (Å²) in [6.45, 7) is 7.30. The molecule has 2 rings (SSSR count). The molecule has 3 nitrogen and oxygen atoms in total. The molecule has 1 saturated carbocycles. The van der Waals surface area contributed by atoms with Crippen molar-refractivity contribution in [2.45, 2.75) is 51.1 Å². The summed E-state index contributed by atoms with van der Waals surface area (Å²) in [4.78, 5) is 2.52. The Bertz CT molecular complexity index is 461. The van der Waals surface area contributed by atoms with Crippen LogP contribution in [0.2, 0.25) is 0 Å². The minimum absolute atomic E-state index is 0.556. The van der Waals surface area contributed by atoms with Crippen molar-refractivity contribution in [3.05, 3.63) is 35.9 Å².